The van der Waals surface area contributed by atoms with Crippen LogP contribution in [-0.2, 0) is 9.53 Å². The lowest BCUT2D eigenvalue weighted by Gasteiger charge is -2.21. The highest BCUT2D eigenvalue weighted by Gasteiger charge is 2.37. The maximum atomic E-state index is 13.0. The minimum absolute atomic E-state index is 0.117. The van der Waals surface area contributed by atoms with E-state index in [-0.39, 0.29) is 30.0 Å². The summed E-state index contributed by atoms with van der Waals surface area (Å²) >= 11 is 0. The van der Waals surface area contributed by atoms with Gasteiger partial charge in [-0.2, -0.15) is 0 Å². The summed E-state index contributed by atoms with van der Waals surface area (Å²) in [5, 5.41) is 9.05. The normalized spacial score (nSPS) is 20.0. The van der Waals surface area contributed by atoms with Gasteiger partial charge in [0.05, 0.1) is 12.5 Å². The molecule has 1 saturated heterocycles. The van der Waals surface area contributed by atoms with Crippen LogP contribution in [0.4, 0.5) is 4.39 Å². The molecule has 1 aliphatic rings. The van der Waals surface area contributed by atoms with Gasteiger partial charge in [-0.1, -0.05) is 0 Å². The zero-order chi connectivity index (χ0) is 18.0. The maximum Gasteiger partial charge on any atom is 0.305 e. The second kappa shape index (κ2) is 7.06. The molecule has 1 aliphatic heterocycles. The number of hydrogen-bond donors (Lipinski definition) is 1. The SMILES string of the molecule is COC1CC(CC(=O)O)N(C(=O)c2ccc(-c3ccc(F)cc3)o2)C1. The largest absolute Gasteiger partial charge is 0.481 e. The van der Waals surface area contributed by atoms with Gasteiger partial charge in [-0.25, -0.2) is 4.39 Å². The van der Waals surface area contributed by atoms with E-state index < -0.39 is 12.0 Å². The Hall–Kier alpha value is -2.67. The predicted molar refractivity (Wildman–Crippen MR) is 86.6 cm³/mol. The minimum atomic E-state index is -0.967. The topological polar surface area (TPSA) is 80.0 Å². The van der Waals surface area contributed by atoms with E-state index >= 15 is 0 Å². The zero-order valence-corrected chi connectivity index (χ0v) is 13.6. The van der Waals surface area contributed by atoms with Gasteiger partial charge in [0.1, 0.15) is 11.6 Å². The number of amides is 1. The van der Waals surface area contributed by atoms with Gasteiger partial charge in [-0.15, -0.1) is 0 Å². The summed E-state index contributed by atoms with van der Waals surface area (Å²) in [4.78, 5) is 25.2. The zero-order valence-electron chi connectivity index (χ0n) is 13.6. The number of methoxy groups -OCH3 is 1. The van der Waals surface area contributed by atoms with E-state index in [1.54, 1.807) is 24.3 Å². The Morgan fingerprint density at radius 2 is 2.00 bits per heavy atom. The number of benzene rings is 1. The van der Waals surface area contributed by atoms with Gasteiger partial charge < -0.3 is 19.2 Å². The number of aliphatic carboxylic acids is 1. The summed E-state index contributed by atoms with van der Waals surface area (Å²) < 4.78 is 23.9. The molecule has 1 aromatic carbocycles. The fourth-order valence-electron chi connectivity index (χ4n) is 3.05. The molecule has 2 aromatic rings. The Morgan fingerprint density at radius 1 is 1.28 bits per heavy atom. The van der Waals surface area contributed by atoms with Crippen LogP contribution in [0.25, 0.3) is 11.3 Å². The van der Waals surface area contributed by atoms with Crippen molar-refractivity contribution in [2.24, 2.45) is 0 Å². The number of carbonyl (C=O) groups is 2. The minimum Gasteiger partial charge on any atom is -0.481 e. The van der Waals surface area contributed by atoms with Crippen molar-refractivity contribution in [3.05, 3.63) is 48.0 Å². The molecular weight excluding hydrogens is 329 g/mol. The number of halogens is 1. The monoisotopic (exact) mass is 347 g/mol. The number of likely N-dealkylation sites (tertiary alicyclic amines) is 1. The third kappa shape index (κ3) is 3.71. The van der Waals surface area contributed by atoms with Gasteiger partial charge >= 0.3 is 5.97 Å². The summed E-state index contributed by atoms with van der Waals surface area (Å²) in [5.74, 6) is -1.14. The highest BCUT2D eigenvalue weighted by Crippen LogP contribution is 2.27. The summed E-state index contributed by atoms with van der Waals surface area (Å²) in [6, 6.07) is 8.49. The average Bonchev–Trinajstić information content (AvgIpc) is 3.21. The summed E-state index contributed by atoms with van der Waals surface area (Å²) in [5.41, 5.74) is 0.652. The molecule has 132 valence electrons. The van der Waals surface area contributed by atoms with Crippen molar-refractivity contribution in [2.45, 2.75) is 25.0 Å². The maximum absolute atomic E-state index is 13.0. The molecule has 1 N–H and O–H groups in total. The lowest BCUT2D eigenvalue weighted by atomic mass is 10.1. The Labute approximate surface area is 143 Å². The Balaban J connectivity index is 1.80. The van der Waals surface area contributed by atoms with Crippen molar-refractivity contribution in [2.75, 3.05) is 13.7 Å². The molecule has 3 rings (SSSR count). The molecule has 1 aromatic heterocycles. The fraction of sp³-hybridized carbons (Fsp3) is 0.333. The van der Waals surface area contributed by atoms with Gasteiger partial charge in [-0.3, -0.25) is 9.59 Å². The van der Waals surface area contributed by atoms with Crippen LogP contribution in [0.3, 0.4) is 0 Å². The molecule has 25 heavy (non-hydrogen) atoms. The molecule has 0 radical (unpaired) electrons. The van der Waals surface area contributed by atoms with E-state index in [1.807, 2.05) is 0 Å². The van der Waals surface area contributed by atoms with Crippen molar-refractivity contribution in [3.63, 3.8) is 0 Å². The molecule has 0 spiro atoms. The van der Waals surface area contributed by atoms with Crippen LogP contribution < -0.4 is 0 Å². The number of ether oxygens (including phenoxy) is 1. The standard InChI is InChI=1S/C18H18FNO5/c1-24-14-8-13(9-17(21)22)20(10-14)18(23)16-7-6-15(25-16)11-2-4-12(19)5-3-11/h2-7,13-14H,8-10H2,1H3,(H,21,22). The third-order valence-corrected chi connectivity index (χ3v) is 4.33. The first-order chi connectivity index (χ1) is 12.0. The first kappa shape index (κ1) is 17.2. The number of nitrogens with zero attached hydrogens (tertiary/aromatic N) is 1. The van der Waals surface area contributed by atoms with Gasteiger partial charge in [0.2, 0.25) is 0 Å². The quantitative estimate of drug-likeness (QED) is 0.900. The van der Waals surface area contributed by atoms with Crippen molar-refractivity contribution in [1.82, 2.24) is 4.90 Å². The molecule has 0 bridgehead atoms. The predicted octanol–water partition coefficient (Wildman–Crippen LogP) is 2.79. The molecule has 7 heteroatoms. The molecule has 6 nitrogen and oxygen atoms in total. The highest BCUT2D eigenvalue weighted by molar-refractivity contribution is 5.93. The number of rotatable bonds is 5. The number of hydrogen-bond acceptors (Lipinski definition) is 4. The summed E-state index contributed by atoms with van der Waals surface area (Å²) in [7, 11) is 1.54. The van der Waals surface area contributed by atoms with E-state index in [2.05, 4.69) is 0 Å². The first-order valence-corrected chi connectivity index (χ1v) is 7.89. The molecule has 2 atom stereocenters. The van der Waals surface area contributed by atoms with Crippen molar-refractivity contribution in [3.8, 4) is 11.3 Å². The number of carboxylic acids is 1. The van der Waals surface area contributed by atoms with Crippen LogP contribution in [0.1, 0.15) is 23.4 Å². The molecule has 1 fully saturated rings. The second-order valence-corrected chi connectivity index (χ2v) is 5.97. The van der Waals surface area contributed by atoms with Crippen LogP contribution in [-0.4, -0.2) is 47.7 Å². The fourth-order valence-corrected chi connectivity index (χ4v) is 3.05. The smallest absolute Gasteiger partial charge is 0.305 e. The number of carboxylic acid groups (broad SMARTS) is 1. The molecule has 0 aliphatic carbocycles. The van der Waals surface area contributed by atoms with Gasteiger partial charge in [0.25, 0.3) is 5.91 Å². The van der Waals surface area contributed by atoms with Crippen LogP contribution in [0, 0.1) is 5.82 Å². The van der Waals surface area contributed by atoms with Crippen LogP contribution in [0.5, 0.6) is 0 Å². The Bertz CT molecular complexity index is 770. The van der Waals surface area contributed by atoms with Crippen LogP contribution >= 0.6 is 0 Å². The van der Waals surface area contributed by atoms with Crippen molar-refractivity contribution in [1.29, 1.82) is 0 Å². The lowest BCUT2D eigenvalue weighted by molar-refractivity contribution is -0.138. The molecule has 1 amide bonds. The molecule has 2 heterocycles. The third-order valence-electron chi connectivity index (χ3n) is 4.33. The van der Waals surface area contributed by atoms with Gasteiger partial charge in [-0.05, 0) is 42.8 Å². The Morgan fingerprint density at radius 3 is 2.64 bits per heavy atom. The van der Waals surface area contributed by atoms with E-state index in [0.717, 1.165) is 0 Å². The van der Waals surface area contributed by atoms with Crippen molar-refractivity contribution >= 4 is 11.9 Å². The van der Waals surface area contributed by atoms with E-state index in [1.165, 1.54) is 24.1 Å². The lowest BCUT2D eigenvalue weighted by Crippen LogP contribution is -2.37. The first-order valence-electron chi connectivity index (χ1n) is 7.89. The van der Waals surface area contributed by atoms with Crippen LogP contribution in [0.2, 0.25) is 0 Å². The summed E-state index contributed by atoms with van der Waals surface area (Å²) in [6.07, 6.45) is 0.136. The summed E-state index contributed by atoms with van der Waals surface area (Å²) in [6.45, 7) is 0.319. The van der Waals surface area contributed by atoms with E-state index in [4.69, 9.17) is 14.3 Å². The van der Waals surface area contributed by atoms with E-state index in [9.17, 15) is 14.0 Å². The number of furan rings is 1. The van der Waals surface area contributed by atoms with E-state index in [0.29, 0.717) is 24.3 Å². The average molecular weight is 347 g/mol. The number of carbonyl (C=O) groups excluding carboxylic acids is 1. The Kier molecular flexibility index (Phi) is 4.85. The second-order valence-electron chi connectivity index (χ2n) is 5.97. The van der Waals surface area contributed by atoms with Gasteiger partial charge in [0, 0.05) is 25.3 Å². The highest BCUT2D eigenvalue weighted by atomic mass is 19.1. The van der Waals surface area contributed by atoms with Gasteiger partial charge in [0.15, 0.2) is 5.76 Å². The molecular formula is C18H18FNO5. The molecule has 0 saturated carbocycles. The van der Waals surface area contributed by atoms with Crippen molar-refractivity contribution < 1.29 is 28.2 Å². The van der Waals surface area contributed by atoms with Crippen LogP contribution in [0.15, 0.2) is 40.8 Å². The molecule has 2 unspecified atom stereocenters.